The second kappa shape index (κ2) is 7.47. The van der Waals surface area contributed by atoms with Crippen molar-refractivity contribution in [3.05, 3.63) is 22.7 Å². The summed E-state index contributed by atoms with van der Waals surface area (Å²) in [6, 6.07) is 3.21. The number of benzene rings is 1. The number of carbonyl (C=O) groups excluding carboxylic acids is 1. The summed E-state index contributed by atoms with van der Waals surface area (Å²) in [5, 5.41) is 0.449. The molecule has 1 heterocycles. The summed E-state index contributed by atoms with van der Waals surface area (Å²) in [7, 11) is 1.52. The molecule has 5 nitrogen and oxygen atoms in total. The van der Waals surface area contributed by atoms with Crippen LogP contribution in [-0.4, -0.2) is 57.8 Å². The van der Waals surface area contributed by atoms with Gasteiger partial charge in [-0.05, 0) is 6.07 Å². The summed E-state index contributed by atoms with van der Waals surface area (Å²) in [5.74, 6) is 0.918. The van der Waals surface area contributed by atoms with E-state index in [1.165, 1.54) is 7.11 Å². The summed E-state index contributed by atoms with van der Waals surface area (Å²) in [4.78, 5) is 13.3. The van der Waals surface area contributed by atoms with E-state index in [1.807, 2.05) is 0 Å². The number of rotatable bonds is 6. The molecular weight excluding hydrogens is 282 g/mol. The van der Waals surface area contributed by atoms with Gasteiger partial charge in [-0.2, -0.15) is 0 Å². The quantitative estimate of drug-likeness (QED) is 0.751. The lowest BCUT2D eigenvalue weighted by Gasteiger charge is -2.26. The maximum atomic E-state index is 11.1. The number of hydrogen-bond acceptors (Lipinski definition) is 5. The van der Waals surface area contributed by atoms with Crippen molar-refractivity contribution in [2.45, 2.75) is 0 Å². The van der Waals surface area contributed by atoms with Crippen LogP contribution in [0.3, 0.4) is 0 Å². The highest BCUT2D eigenvalue weighted by atomic mass is 35.5. The van der Waals surface area contributed by atoms with E-state index < -0.39 is 0 Å². The van der Waals surface area contributed by atoms with E-state index >= 15 is 0 Å². The largest absolute Gasteiger partial charge is 0.493 e. The third-order valence-corrected chi connectivity index (χ3v) is 3.37. The molecule has 1 fully saturated rings. The number of halogens is 1. The van der Waals surface area contributed by atoms with Crippen LogP contribution in [-0.2, 0) is 4.74 Å². The number of hydrogen-bond donors (Lipinski definition) is 0. The first-order valence-corrected chi connectivity index (χ1v) is 6.88. The summed E-state index contributed by atoms with van der Waals surface area (Å²) < 4.78 is 16.2. The van der Waals surface area contributed by atoms with Gasteiger partial charge >= 0.3 is 0 Å². The van der Waals surface area contributed by atoms with Gasteiger partial charge in [-0.25, -0.2) is 0 Å². The van der Waals surface area contributed by atoms with Gasteiger partial charge in [-0.15, -0.1) is 0 Å². The van der Waals surface area contributed by atoms with E-state index in [9.17, 15) is 4.79 Å². The lowest BCUT2D eigenvalue weighted by atomic mass is 10.2. The van der Waals surface area contributed by atoms with Gasteiger partial charge in [0.2, 0.25) is 0 Å². The number of aldehydes is 1. The number of nitrogens with zero attached hydrogens (tertiary/aromatic N) is 1. The van der Waals surface area contributed by atoms with Gasteiger partial charge in [0.1, 0.15) is 6.61 Å². The van der Waals surface area contributed by atoms with Gasteiger partial charge in [-0.1, -0.05) is 11.6 Å². The molecule has 0 atom stereocenters. The number of morpholine rings is 1. The van der Waals surface area contributed by atoms with Crippen LogP contribution in [0, 0.1) is 0 Å². The molecule has 1 aromatic rings. The topological polar surface area (TPSA) is 48.0 Å². The lowest BCUT2D eigenvalue weighted by molar-refractivity contribution is 0.0321. The summed E-state index contributed by atoms with van der Waals surface area (Å²) in [5.41, 5.74) is 0.399. The highest BCUT2D eigenvalue weighted by Gasteiger charge is 2.14. The predicted octanol–water partition coefficient (Wildman–Crippen LogP) is 1.87. The van der Waals surface area contributed by atoms with E-state index in [2.05, 4.69) is 4.90 Å². The van der Waals surface area contributed by atoms with Crippen molar-refractivity contribution in [2.75, 3.05) is 46.6 Å². The van der Waals surface area contributed by atoms with Gasteiger partial charge in [-0.3, -0.25) is 9.69 Å². The normalized spacial score (nSPS) is 15.9. The smallest absolute Gasteiger partial charge is 0.171 e. The van der Waals surface area contributed by atoms with Crippen LogP contribution in [0.5, 0.6) is 11.5 Å². The van der Waals surface area contributed by atoms with Gasteiger partial charge in [0, 0.05) is 30.7 Å². The molecule has 0 N–H and O–H groups in total. The third-order valence-electron chi connectivity index (χ3n) is 3.15. The second-order valence-electron chi connectivity index (χ2n) is 4.45. The van der Waals surface area contributed by atoms with E-state index in [0.717, 1.165) is 39.1 Å². The minimum atomic E-state index is 0.399. The minimum absolute atomic E-state index is 0.399. The van der Waals surface area contributed by atoms with Crippen LogP contribution in [0.15, 0.2) is 12.1 Å². The molecule has 20 heavy (non-hydrogen) atoms. The highest BCUT2D eigenvalue weighted by Crippen LogP contribution is 2.33. The second-order valence-corrected chi connectivity index (χ2v) is 4.88. The Morgan fingerprint density at radius 3 is 2.80 bits per heavy atom. The Bertz CT molecular complexity index is 461. The Kier molecular flexibility index (Phi) is 5.64. The van der Waals surface area contributed by atoms with Gasteiger partial charge < -0.3 is 14.2 Å². The molecule has 1 aliphatic heterocycles. The molecule has 0 radical (unpaired) electrons. The molecule has 0 aromatic heterocycles. The SMILES string of the molecule is COc1cc(Cl)cc(C=O)c1OCCN1CCOCC1. The van der Waals surface area contributed by atoms with Crippen LogP contribution in [0.25, 0.3) is 0 Å². The number of ether oxygens (including phenoxy) is 3. The molecule has 0 aliphatic carbocycles. The molecule has 0 spiro atoms. The first-order chi connectivity index (χ1) is 9.74. The van der Waals surface area contributed by atoms with Crippen molar-refractivity contribution in [1.29, 1.82) is 0 Å². The zero-order valence-electron chi connectivity index (χ0n) is 11.4. The molecule has 6 heteroatoms. The molecule has 1 aliphatic rings. The maximum absolute atomic E-state index is 11.1. The average Bonchev–Trinajstić information content (AvgIpc) is 2.49. The predicted molar refractivity (Wildman–Crippen MR) is 76.1 cm³/mol. The Morgan fingerprint density at radius 2 is 2.15 bits per heavy atom. The molecule has 0 unspecified atom stereocenters. The fourth-order valence-electron chi connectivity index (χ4n) is 2.08. The molecule has 0 amide bonds. The fourth-order valence-corrected chi connectivity index (χ4v) is 2.30. The molecule has 0 bridgehead atoms. The Hall–Kier alpha value is -1.30. The van der Waals surface area contributed by atoms with E-state index in [0.29, 0.717) is 28.7 Å². The highest BCUT2D eigenvalue weighted by molar-refractivity contribution is 6.31. The standard InChI is InChI=1S/C14H18ClNO4/c1-18-13-9-12(15)8-11(10-17)14(13)20-7-4-16-2-5-19-6-3-16/h8-10H,2-7H2,1H3. The van der Waals surface area contributed by atoms with E-state index in [4.69, 9.17) is 25.8 Å². The van der Waals surface area contributed by atoms with Crippen molar-refractivity contribution in [1.82, 2.24) is 4.90 Å². The lowest BCUT2D eigenvalue weighted by Crippen LogP contribution is -2.38. The zero-order chi connectivity index (χ0) is 14.4. The maximum Gasteiger partial charge on any atom is 0.171 e. The van der Waals surface area contributed by atoms with Crippen LogP contribution in [0.1, 0.15) is 10.4 Å². The van der Waals surface area contributed by atoms with Gasteiger partial charge in [0.05, 0.1) is 25.9 Å². The summed E-state index contributed by atoms with van der Waals surface area (Å²) >= 11 is 5.92. The Balaban J connectivity index is 1.98. The fraction of sp³-hybridized carbons (Fsp3) is 0.500. The van der Waals surface area contributed by atoms with Crippen molar-refractivity contribution in [2.24, 2.45) is 0 Å². The van der Waals surface area contributed by atoms with Crippen molar-refractivity contribution in [3.63, 3.8) is 0 Å². The summed E-state index contributed by atoms with van der Waals surface area (Å²) in [6.07, 6.45) is 0.721. The van der Waals surface area contributed by atoms with Crippen molar-refractivity contribution in [3.8, 4) is 11.5 Å². The molecule has 1 aromatic carbocycles. The van der Waals surface area contributed by atoms with Crippen molar-refractivity contribution >= 4 is 17.9 Å². The monoisotopic (exact) mass is 299 g/mol. The number of carbonyl (C=O) groups is 1. The van der Waals surface area contributed by atoms with Crippen LogP contribution < -0.4 is 9.47 Å². The molecule has 0 saturated carbocycles. The molecule has 1 saturated heterocycles. The van der Waals surface area contributed by atoms with Crippen LogP contribution in [0.4, 0.5) is 0 Å². The zero-order valence-corrected chi connectivity index (χ0v) is 12.2. The Morgan fingerprint density at radius 1 is 1.40 bits per heavy atom. The first kappa shape index (κ1) is 15.1. The Labute approximate surface area is 123 Å². The third kappa shape index (κ3) is 3.85. The molecule has 2 rings (SSSR count). The number of methoxy groups -OCH3 is 1. The first-order valence-electron chi connectivity index (χ1n) is 6.50. The van der Waals surface area contributed by atoms with E-state index in [-0.39, 0.29) is 0 Å². The van der Waals surface area contributed by atoms with Gasteiger partial charge in [0.15, 0.2) is 17.8 Å². The average molecular weight is 300 g/mol. The molecule has 110 valence electrons. The van der Waals surface area contributed by atoms with E-state index in [1.54, 1.807) is 12.1 Å². The van der Waals surface area contributed by atoms with Crippen LogP contribution in [0.2, 0.25) is 5.02 Å². The minimum Gasteiger partial charge on any atom is -0.493 e. The van der Waals surface area contributed by atoms with Crippen molar-refractivity contribution < 1.29 is 19.0 Å². The van der Waals surface area contributed by atoms with Crippen LogP contribution >= 0.6 is 11.6 Å². The summed E-state index contributed by atoms with van der Waals surface area (Å²) in [6.45, 7) is 4.59. The van der Waals surface area contributed by atoms with Gasteiger partial charge in [0.25, 0.3) is 0 Å². The molecular formula is C14H18ClNO4.